The summed E-state index contributed by atoms with van der Waals surface area (Å²) >= 11 is 6.59. The predicted octanol–water partition coefficient (Wildman–Crippen LogP) is 5.49. The maximum absolute atomic E-state index is 12.7. The average Bonchev–Trinajstić information content (AvgIpc) is 3.12. The number of rotatable bonds is 7. The Morgan fingerprint density at radius 2 is 1.49 bits per heavy atom. The molecular formula is C26H18ClNO6S. The molecule has 7 nitrogen and oxygen atoms in total. The van der Waals surface area contributed by atoms with Crippen LogP contribution in [0.1, 0.15) is 26.3 Å². The quantitative estimate of drug-likeness (QED) is 0.181. The summed E-state index contributed by atoms with van der Waals surface area (Å²) in [6.07, 6.45) is 1.55. The van der Waals surface area contributed by atoms with Crippen molar-refractivity contribution in [1.82, 2.24) is 4.90 Å². The van der Waals surface area contributed by atoms with E-state index in [2.05, 4.69) is 0 Å². The highest BCUT2D eigenvalue weighted by molar-refractivity contribution is 8.18. The van der Waals surface area contributed by atoms with Gasteiger partial charge in [0, 0.05) is 10.6 Å². The van der Waals surface area contributed by atoms with Crippen LogP contribution in [0.2, 0.25) is 5.02 Å². The van der Waals surface area contributed by atoms with Crippen molar-refractivity contribution in [3.63, 3.8) is 0 Å². The molecular weight excluding hydrogens is 490 g/mol. The molecule has 1 heterocycles. The zero-order valence-electron chi connectivity index (χ0n) is 18.4. The number of hydrogen-bond donors (Lipinski definition) is 0. The van der Waals surface area contributed by atoms with E-state index in [1.807, 2.05) is 0 Å². The summed E-state index contributed by atoms with van der Waals surface area (Å²) in [6, 6.07) is 19.2. The lowest BCUT2D eigenvalue weighted by Crippen LogP contribution is -2.33. The van der Waals surface area contributed by atoms with Gasteiger partial charge in [0.05, 0.1) is 24.1 Å². The van der Waals surface area contributed by atoms with Gasteiger partial charge in [0.1, 0.15) is 11.5 Å². The molecule has 4 rings (SSSR count). The molecule has 3 aromatic carbocycles. The summed E-state index contributed by atoms with van der Waals surface area (Å²) in [5.41, 5.74) is 1.36. The van der Waals surface area contributed by atoms with Gasteiger partial charge in [-0.25, -0.2) is 4.79 Å². The highest BCUT2D eigenvalue weighted by Crippen LogP contribution is 2.32. The summed E-state index contributed by atoms with van der Waals surface area (Å²) in [4.78, 5) is 50.9. The molecule has 0 radical (unpaired) electrons. The number of ketones is 1. The minimum absolute atomic E-state index is 0.196. The zero-order valence-corrected chi connectivity index (χ0v) is 20.0. The van der Waals surface area contributed by atoms with Gasteiger partial charge in [-0.1, -0.05) is 23.7 Å². The lowest BCUT2D eigenvalue weighted by Gasteiger charge is -2.11. The molecule has 176 valence electrons. The topological polar surface area (TPSA) is 90.0 Å². The molecule has 0 unspecified atom stereocenters. The van der Waals surface area contributed by atoms with Crippen LogP contribution in [0, 0.1) is 0 Å². The maximum Gasteiger partial charge on any atom is 0.343 e. The summed E-state index contributed by atoms with van der Waals surface area (Å²) in [5, 5.41) is -0.0363. The lowest BCUT2D eigenvalue weighted by atomic mass is 10.1. The molecule has 0 saturated carbocycles. The number of esters is 1. The van der Waals surface area contributed by atoms with Crippen molar-refractivity contribution >= 4 is 52.3 Å². The number of halogens is 1. The standard InChI is InChI=1S/C26H18ClNO6S/c1-33-20-12-6-18(7-13-20)25(31)34-21-10-2-16(3-11-21)14-23-24(30)28(26(32)35-23)15-22(29)17-4-8-19(27)9-5-17/h2-14H,15H2,1H3/b23-14+. The number of Topliss-reactive ketones (excluding diaryl/α,β-unsaturated/α-hetero) is 1. The Balaban J connectivity index is 1.40. The van der Waals surface area contributed by atoms with Gasteiger partial charge in [-0.05, 0) is 84.1 Å². The van der Waals surface area contributed by atoms with Crippen LogP contribution in [0.4, 0.5) is 4.79 Å². The normalized spacial score (nSPS) is 14.3. The first-order chi connectivity index (χ1) is 16.8. The van der Waals surface area contributed by atoms with E-state index in [1.54, 1.807) is 78.9 Å². The fourth-order valence-corrected chi connectivity index (χ4v) is 4.15. The molecule has 1 fully saturated rings. The monoisotopic (exact) mass is 507 g/mol. The smallest absolute Gasteiger partial charge is 0.343 e. The van der Waals surface area contributed by atoms with Gasteiger partial charge >= 0.3 is 5.97 Å². The second kappa shape index (κ2) is 10.6. The van der Waals surface area contributed by atoms with Crippen molar-refractivity contribution in [2.75, 3.05) is 13.7 Å². The second-order valence-electron chi connectivity index (χ2n) is 7.38. The first-order valence-corrected chi connectivity index (χ1v) is 11.5. The Hall–Kier alpha value is -3.88. The number of ether oxygens (including phenoxy) is 2. The molecule has 2 amide bonds. The van der Waals surface area contributed by atoms with Crippen molar-refractivity contribution in [3.05, 3.63) is 99.4 Å². The number of methoxy groups -OCH3 is 1. The Morgan fingerprint density at radius 3 is 2.11 bits per heavy atom. The Labute approximate surface area is 210 Å². The molecule has 0 N–H and O–H groups in total. The van der Waals surface area contributed by atoms with Crippen LogP contribution >= 0.6 is 23.4 Å². The number of carbonyl (C=O) groups is 4. The van der Waals surface area contributed by atoms with Gasteiger partial charge in [-0.15, -0.1) is 0 Å². The SMILES string of the molecule is COc1ccc(C(=O)Oc2ccc(/C=C3/SC(=O)N(CC(=O)c4ccc(Cl)cc4)C3=O)cc2)cc1. The average molecular weight is 508 g/mol. The maximum atomic E-state index is 12.7. The largest absolute Gasteiger partial charge is 0.497 e. The fourth-order valence-electron chi connectivity index (χ4n) is 3.18. The van der Waals surface area contributed by atoms with Crippen LogP contribution in [0.25, 0.3) is 6.08 Å². The molecule has 1 saturated heterocycles. The van der Waals surface area contributed by atoms with E-state index in [9.17, 15) is 19.2 Å². The molecule has 9 heteroatoms. The van der Waals surface area contributed by atoms with Crippen LogP contribution in [0.5, 0.6) is 11.5 Å². The number of carbonyl (C=O) groups excluding carboxylic acids is 4. The molecule has 1 aliphatic rings. The third kappa shape index (κ3) is 5.79. The van der Waals surface area contributed by atoms with E-state index in [1.165, 1.54) is 7.11 Å². The van der Waals surface area contributed by atoms with E-state index in [0.29, 0.717) is 33.2 Å². The van der Waals surface area contributed by atoms with Crippen LogP contribution in [0.3, 0.4) is 0 Å². The van der Waals surface area contributed by atoms with E-state index in [-0.39, 0.29) is 17.2 Å². The highest BCUT2D eigenvalue weighted by Gasteiger charge is 2.36. The third-order valence-corrected chi connectivity index (χ3v) is 6.22. The minimum Gasteiger partial charge on any atom is -0.497 e. The Kier molecular flexibility index (Phi) is 7.33. The van der Waals surface area contributed by atoms with E-state index in [0.717, 1.165) is 16.7 Å². The molecule has 35 heavy (non-hydrogen) atoms. The Morgan fingerprint density at radius 1 is 0.886 bits per heavy atom. The van der Waals surface area contributed by atoms with Crippen molar-refractivity contribution in [3.8, 4) is 11.5 Å². The van der Waals surface area contributed by atoms with Gasteiger partial charge in [-0.3, -0.25) is 19.3 Å². The van der Waals surface area contributed by atoms with Gasteiger partial charge in [0.15, 0.2) is 5.78 Å². The number of imide groups is 1. The summed E-state index contributed by atoms with van der Waals surface area (Å²) in [5.74, 6) is -0.480. The highest BCUT2D eigenvalue weighted by atomic mass is 35.5. The number of hydrogen-bond acceptors (Lipinski definition) is 7. The van der Waals surface area contributed by atoms with Crippen molar-refractivity contribution in [2.24, 2.45) is 0 Å². The number of nitrogens with zero attached hydrogens (tertiary/aromatic N) is 1. The molecule has 3 aromatic rings. The van der Waals surface area contributed by atoms with Crippen molar-refractivity contribution in [1.29, 1.82) is 0 Å². The second-order valence-corrected chi connectivity index (χ2v) is 8.81. The zero-order chi connectivity index (χ0) is 24.9. The lowest BCUT2D eigenvalue weighted by molar-refractivity contribution is -0.122. The van der Waals surface area contributed by atoms with E-state index < -0.39 is 17.1 Å². The third-order valence-electron chi connectivity index (χ3n) is 5.06. The Bertz CT molecular complexity index is 1320. The number of benzene rings is 3. The van der Waals surface area contributed by atoms with Gasteiger partial charge < -0.3 is 9.47 Å². The van der Waals surface area contributed by atoms with Crippen LogP contribution in [0.15, 0.2) is 77.7 Å². The van der Waals surface area contributed by atoms with Crippen molar-refractivity contribution < 1.29 is 28.7 Å². The summed E-state index contributed by atoms with van der Waals surface area (Å²) in [6.45, 7) is -0.357. The van der Waals surface area contributed by atoms with Gasteiger partial charge in [0.25, 0.3) is 11.1 Å². The van der Waals surface area contributed by atoms with Gasteiger partial charge in [0.2, 0.25) is 0 Å². The summed E-state index contributed by atoms with van der Waals surface area (Å²) < 4.78 is 10.4. The summed E-state index contributed by atoms with van der Waals surface area (Å²) in [7, 11) is 1.54. The van der Waals surface area contributed by atoms with Gasteiger partial charge in [-0.2, -0.15) is 0 Å². The van der Waals surface area contributed by atoms with Crippen LogP contribution < -0.4 is 9.47 Å². The van der Waals surface area contributed by atoms with E-state index in [4.69, 9.17) is 21.1 Å². The molecule has 0 aliphatic carbocycles. The number of amides is 2. The number of thioether (sulfide) groups is 1. The predicted molar refractivity (Wildman–Crippen MR) is 133 cm³/mol. The minimum atomic E-state index is -0.544. The molecule has 0 atom stereocenters. The van der Waals surface area contributed by atoms with Crippen molar-refractivity contribution in [2.45, 2.75) is 0 Å². The van der Waals surface area contributed by atoms with E-state index >= 15 is 0 Å². The first-order valence-electron chi connectivity index (χ1n) is 10.3. The molecule has 0 bridgehead atoms. The molecule has 0 spiro atoms. The fraction of sp³-hybridized carbons (Fsp3) is 0.0769. The van der Waals surface area contributed by atoms with Crippen LogP contribution in [-0.4, -0.2) is 41.5 Å². The van der Waals surface area contributed by atoms with Crippen LogP contribution in [-0.2, 0) is 4.79 Å². The first kappa shape index (κ1) is 24.3. The molecule has 0 aromatic heterocycles. The molecule has 1 aliphatic heterocycles.